The van der Waals surface area contributed by atoms with Crippen LogP contribution < -0.4 is 0 Å². The van der Waals surface area contributed by atoms with Crippen molar-refractivity contribution < 1.29 is 18.7 Å². The second-order valence-electron chi connectivity index (χ2n) is 5.81. The number of benzene rings is 1. The first kappa shape index (κ1) is 14.8. The van der Waals surface area contributed by atoms with Crippen LogP contribution in [-0.2, 0) is 16.1 Å². The summed E-state index contributed by atoms with van der Waals surface area (Å²) in [6.45, 7) is 1.62. The Kier molecular flexibility index (Phi) is 4.27. The van der Waals surface area contributed by atoms with Crippen molar-refractivity contribution in [2.24, 2.45) is 5.92 Å². The van der Waals surface area contributed by atoms with Gasteiger partial charge < -0.3 is 14.5 Å². The molecule has 6 heteroatoms. The van der Waals surface area contributed by atoms with E-state index in [4.69, 9.17) is 4.74 Å². The highest BCUT2D eigenvalue weighted by molar-refractivity contribution is 5.82. The molecule has 0 aromatic heterocycles. The maximum absolute atomic E-state index is 13.1. The molecule has 2 aliphatic heterocycles. The standard InChI is InChI=1S/C16H19FN2O3/c17-14-6-7-18(10-14)15(20)13-8-19(9-13)16(21)22-11-12-4-2-1-3-5-12/h1-5,13-14H,6-11H2/t14-/m0/s1. The fourth-order valence-corrected chi connectivity index (χ4v) is 2.77. The van der Waals surface area contributed by atoms with Gasteiger partial charge >= 0.3 is 6.09 Å². The van der Waals surface area contributed by atoms with Crippen molar-refractivity contribution in [3.8, 4) is 0 Å². The molecule has 3 rings (SSSR count). The van der Waals surface area contributed by atoms with Gasteiger partial charge in [-0.25, -0.2) is 9.18 Å². The lowest BCUT2D eigenvalue weighted by Crippen LogP contribution is -2.56. The molecule has 0 unspecified atom stereocenters. The van der Waals surface area contributed by atoms with E-state index in [0.717, 1.165) is 5.56 Å². The number of ether oxygens (including phenoxy) is 1. The van der Waals surface area contributed by atoms with Crippen molar-refractivity contribution >= 4 is 12.0 Å². The summed E-state index contributed by atoms with van der Waals surface area (Å²) < 4.78 is 18.3. The average molecular weight is 306 g/mol. The Hall–Kier alpha value is -2.11. The van der Waals surface area contributed by atoms with E-state index in [1.807, 2.05) is 30.3 Å². The van der Waals surface area contributed by atoms with Crippen LogP contribution in [0.3, 0.4) is 0 Å². The highest BCUT2D eigenvalue weighted by Crippen LogP contribution is 2.22. The van der Waals surface area contributed by atoms with Crippen molar-refractivity contribution in [1.29, 1.82) is 0 Å². The van der Waals surface area contributed by atoms with E-state index in [2.05, 4.69) is 0 Å². The molecule has 2 heterocycles. The summed E-state index contributed by atoms with van der Waals surface area (Å²) in [6, 6.07) is 9.44. The summed E-state index contributed by atoms with van der Waals surface area (Å²) >= 11 is 0. The predicted molar refractivity (Wildman–Crippen MR) is 77.8 cm³/mol. The topological polar surface area (TPSA) is 49.9 Å². The highest BCUT2D eigenvalue weighted by atomic mass is 19.1. The lowest BCUT2D eigenvalue weighted by molar-refractivity contribution is -0.139. The van der Waals surface area contributed by atoms with Gasteiger partial charge in [0, 0.05) is 19.6 Å². The number of alkyl halides is 1. The normalized spacial score (nSPS) is 21.6. The summed E-state index contributed by atoms with van der Waals surface area (Å²) in [6.07, 6.45) is -0.893. The smallest absolute Gasteiger partial charge is 0.410 e. The highest BCUT2D eigenvalue weighted by Gasteiger charge is 2.40. The second kappa shape index (κ2) is 6.34. The van der Waals surface area contributed by atoms with Crippen molar-refractivity contribution in [1.82, 2.24) is 9.80 Å². The second-order valence-corrected chi connectivity index (χ2v) is 5.81. The Morgan fingerprint density at radius 2 is 1.86 bits per heavy atom. The Morgan fingerprint density at radius 1 is 1.14 bits per heavy atom. The van der Waals surface area contributed by atoms with Gasteiger partial charge in [0.25, 0.3) is 0 Å². The number of hydrogen-bond donors (Lipinski definition) is 0. The van der Waals surface area contributed by atoms with E-state index in [1.54, 1.807) is 4.90 Å². The Morgan fingerprint density at radius 3 is 2.50 bits per heavy atom. The average Bonchev–Trinajstić information content (AvgIpc) is 2.91. The fraction of sp³-hybridized carbons (Fsp3) is 0.500. The lowest BCUT2D eigenvalue weighted by atomic mass is 9.99. The molecule has 5 nitrogen and oxygen atoms in total. The molecule has 0 spiro atoms. The molecule has 118 valence electrons. The van der Waals surface area contributed by atoms with Gasteiger partial charge in [-0.05, 0) is 12.0 Å². The number of hydrogen-bond acceptors (Lipinski definition) is 3. The Labute approximate surface area is 128 Å². The zero-order valence-electron chi connectivity index (χ0n) is 12.3. The number of carbonyl (C=O) groups excluding carboxylic acids is 2. The summed E-state index contributed by atoms with van der Waals surface area (Å²) in [7, 11) is 0. The molecule has 1 aromatic rings. The molecule has 1 atom stereocenters. The zero-order chi connectivity index (χ0) is 15.5. The minimum Gasteiger partial charge on any atom is -0.445 e. The third-order valence-corrected chi connectivity index (χ3v) is 4.14. The first-order chi connectivity index (χ1) is 10.6. The van der Waals surface area contributed by atoms with Gasteiger partial charge in [0.05, 0.1) is 12.5 Å². The van der Waals surface area contributed by atoms with Crippen molar-refractivity contribution in [2.75, 3.05) is 26.2 Å². The molecule has 2 aliphatic rings. The van der Waals surface area contributed by atoms with E-state index < -0.39 is 12.3 Å². The van der Waals surface area contributed by atoms with E-state index in [9.17, 15) is 14.0 Å². The molecule has 2 fully saturated rings. The number of rotatable bonds is 3. The molecule has 1 aromatic carbocycles. The van der Waals surface area contributed by atoms with Crippen molar-refractivity contribution in [3.05, 3.63) is 35.9 Å². The Bertz CT molecular complexity index is 546. The molecule has 22 heavy (non-hydrogen) atoms. The first-order valence-electron chi connectivity index (χ1n) is 7.52. The van der Waals surface area contributed by atoms with Crippen LogP contribution in [0.5, 0.6) is 0 Å². The molecular weight excluding hydrogens is 287 g/mol. The third-order valence-electron chi connectivity index (χ3n) is 4.14. The quantitative estimate of drug-likeness (QED) is 0.856. The van der Waals surface area contributed by atoms with Gasteiger partial charge in [0.1, 0.15) is 12.8 Å². The number of likely N-dealkylation sites (tertiary alicyclic amines) is 2. The van der Waals surface area contributed by atoms with Gasteiger partial charge in [-0.3, -0.25) is 4.79 Å². The van der Waals surface area contributed by atoms with Gasteiger partial charge in [0.15, 0.2) is 0 Å². The van der Waals surface area contributed by atoms with Crippen LogP contribution in [0.25, 0.3) is 0 Å². The Balaban J connectivity index is 1.41. The zero-order valence-corrected chi connectivity index (χ0v) is 12.3. The summed E-state index contributed by atoms with van der Waals surface area (Å²) in [5.74, 6) is -0.262. The van der Waals surface area contributed by atoms with Crippen LogP contribution in [0.4, 0.5) is 9.18 Å². The minimum atomic E-state index is -0.907. The molecule has 0 N–H and O–H groups in total. The van der Waals surface area contributed by atoms with Crippen molar-refractivity contribution in [2.45, 2.75) is 19.2 Å². The third kappa shape index (κ3) is 3.21. The van der Waals surface area contributed by atoms with Crippen LogP contribution >= 0.6 is 0 Å². The number of carbonyl (C=O) groups is 2. The maximum atomic E-state index is 13.1. The van der Waals surface area contributed by atoms with Gasteiger partial charge in [0.2, 0.25) is 5.91 Å². The molecule has 2 saturated heterocycles. The van der Waals surface area contributed by atoms with Crippen molar-refractivity contribution in [3.63, 3.8) is 0 Å². The van der Waals surface area contributed by atoms with Crippen LogP contribution in [0.15, 0.2) is 30.3 Å². The maximum Gasteiger partial charge on any atom is 0.410 e. The molecule has 0 bridgehead atoms. The van der Waals surface area contributed by atoms with E-state index in [0.29, 0.717) is 26.1 Å². The molecule has 0 radical (unpaired) electrons. The largest absolute Gasteiger partial charge is 0.445 e. The van der Waals surface area contributed by atoms with Gasteiger partial charge in [-0.1, -0.05) is 30.3 Å². The summed E-state index contributed by atoms with van der Waals surface area (Å²) in [5, 5.41) is 0. The predicted octanol–water partition coefficient (Wildman–Crippen LogP) is 1.83. The molecule has 2 amide bonds. The first-order valence-corrected chi connectivity index (χ1v) is 7.52. The molecular formula is C16H19FN2O3. The fourth-order valence-electron chi connectivity index (χ4n) is 2.77. The summed E-state index contributed by atoms with van der Waals surface area (Å²) in [5.41, 5.74) is 0.926. The van der Waals surface area contributed by atoms with Crippen LogP contribution in [-0.4, -0.2) is 54.2 Å². The lowest BCUT2D eigenvalue weighted by Gasteiger charge is -2.38. The van der Waals surface area contributed by atoms with E-state index >= 15 is 0 Å². The van der Waals surface area contributed by atoms with Crippen LogP contribution in [0, 0.1) is 5.92 Å². The van der Waals surface area contributed by atoms with Gasteiger partial charge in [-0.2, -0.15) is 0 Å². The number of halogens is 1. The van der Waals surface area contributed by atoms with Crippen LogP contribution in [0.1, 0.15) is 12.0 Å². The molecule has 0 saturated carbocycles. The molecule has 0 aliphatic carbocycles. The SMILES string of the molecule is O=C(OCc1ccccc1)N1CC(C(=O)N2CC[C@H](F)C2)C1. The number of nitrogens with zero attached hydrogens (tertiary/aromatic N) is 2. The van der Waals surface area contributed by atoms with Gasteiger partial charge in [-0.15, -0.1) is 0 Å². The monoisotopic (exact) mass is 306 g/mol. The summed E-state index contributed by atoms with van der Waals surface area (Å²) in [4.78, 5) is 27.0. The number of amides is 2. The van der Waals surface area contributed by atoms with E-state index in [1.165, 1.54) is 4.90 Å². The van der Waals surface area contributed by atoms with Crippen LogP contribution in [0.2, 0.25) is 0 Å². The van der Waals surface area contributed by atoms with E-state index in [-0.39, 0.29) is 25.0 Å². The minimum absolute atomic E-state index is 0.0488.